The normalized spacial score (nSPS) is 10.8. The fourth-order valence-electron chi connectivity index (χ4n) is 1.86. The van der Waals surface area contributed by atoms with Gasteiger partial charge in [-0.25, -0.2) is 9.37 Å². The molecule has 3 rings (SSSR count). The van der Waals surface area contributed by atoms with Gasteiger partial charge in [-0.1, -0.05) is 58.0 Å². The first kappa shape index (κ1) is 14.3. The molecule has 21 heavy (non-hydrogen) atoms. The van der Waals surface area contributed by atoms with Crippen LogP contribution in [0.15, 0.2) is 58.2 Å². The van der Waals surface area contributed by atoms with Gasteiger partial charge < -0.3 is 0 Å². The molecule has 0 aliphatic rings. The maximum atomic E-state index is 13.1. The van der Waals surface area contributed by atoms with Crippen molar-refractivity contribution in [2.24, 2.45) is 0 Å². The summed E-state index contributed by atoms with van der Waals surface area (Å²) in [7, 11) is 0. The van der Waals surface area contributed by atoms with Crippen molar-refractivity contribution in [3.05, 3.63) is 64.4 Å². The Morgan fingerprint density at radius 3 is 2.81 bits per heavy atom. The van der Waals surface area contributed by atoms with Crippen LogP contribution in [0.3, 0.4) is 0 Å². The lowest BCUT2D eigenvalue weighted by Gasteiger charge is -1.99. The van der Waals surface area contributed by atoms with Gasteiger partial charge in [0.15, 0.2) is 5.82 Å². The average molecular weight is 364 g/mol. The van der Waals surface area contributed by atoms with Crippen LogP contribution in [-0.4, -0.2) is 15.2 Å². The molecule has 6 heteroatoms. The van der Waals surface area contributed by atoms with Crippen LogP contribution >= 0.6 is 27.7 Å². The van der Waals surface area contributed by atoms with Gasteiger partial charge in [0.1, 0.15) is 5.82 Å². The standard InChI is InChI=1S/C15H11BrFN3S/c16-13-7-2-1-6-12(13)14-18-15(20-19-14)21-9-10-4-3-5-11(17)8-10/h1-8H,9H2,(H,18,19,20). The Kier molecular flexibility index (Phi) is 4.36. The number of hydrogen-bond donors (Lipinski definition) is 1. The zero-order valence-corrected chi connectivity index (χ0v) is 13.3. The lowest BCUT2D eigenvalue weighted by Crippen LogP contribution is -1.84. The van der Waals surface area contributed by atoms with Gasteiger partial charge in [-0.15, -0.1) is 5.10 Å². The average Bonchev–Trinajstić information content (AvgIpc) is 2.94. The second-order valence-corrected chi connectivity index (χ2v) is 6.16. The van der Waals surface area contributed by atoms with Gasteiger partial charge >= 0.3 is 0 Å². The smallest absolute Gasteiger partial charge is 0.209 e. The summed E-state index contributed by atoms with van der Waals surface area (Å²) in [5, 5.41) is 7.75. The molecule has 0 bridgehead atoms. The van der Waals surface area contributed by atoms with Crippen molar-refractivity contribution in [3.63, 3.8) is 0 Å². The molecule has 3 nitrogen and oxygen atoms in total. The quantitative estimate of drug-likeness (QED) is 0.685. The summed E-state index contributed by atoms with van der Waals surface area (Å²) in [5.74, 6) is 1.12. The SMILES string of the molecule is Fc1cccc(CSc2n[nH]c(-c3ccccc3Br)n2)c1. The zero-order chi connectivity index (χ0) is 14.7. The molecule has 0 aliphatic heterocycles. The number of hydrogen-bond acceptors (Lipinski definition) is 3. The molecule has 0 fully saturated rings. The molecule has 0 aliphatic carbocycles. The largest absolute Gasteiger partial charge is 0.258 e. The third-order valence-electron chi connectivity index (χ3n) is 2.85. The fourth-order valence-corrected chi connectivity index (χ4v) is 3.07. The minimum absolute atomic E-state index is 0.225. The molecule has 0 saturated carbocycles. The van der Waals surface area contributed by atoms with Gasteiger partial charge in [0.25, 0.3) is 0 Å². The van der Waals surface area contributed by atoms with E-state index in [1.165, 1.54) is 23.9 Å². The van der Waals surface area contributed by atoms with Crippen LogP contribution in [-0.2, 0) is 5.75 Å². The summed E-state index contributed by atoms with van der Waals surface area (Å²) >= 11 is 4.96. The number of rotatable bonds is 4. The molecule has 1 aromatic heterocycles. The highest BCUT2D eigenvalue weighted by Crippen LogP contribution is 2.27. The Hall–Kier alpha value is -1.66. The first-order valence-electron chi connectivity index (χ1n) is 6.27. The number of halogens is 2. The molecular formula is C15H11BrFN3S. The Morgan fingerprint density at radius 2 is 2.00 bits per heavy atom. The van der Waals surface area contributed by atoms with Crippen LogP contribution in [0.2, 0.25) is 0 Å². The Balaban J connectivity index is 1.72. The Labute approximate surface area is 134 Å². The third-order valence-corrected chi connectivity index (χ3v) is 4.46. The monoisotopic (exact) mass is 363 g/mol. The molecule has 0 radical (unpaired) electrons. The van der Waals surface area contributed by atoms with Crippen molar-refractivity contribution >= 4 is 27.7 Å². The number of H-pyrrole nitrogens is 1. The van der Waals surface area contributed by atoms with Crippen LogP contribution < -0.4 is 0 Å². The summed E-state index contributed by atoms with van der Waals surface area (Å²) in [6.45, 7) is 0. The summed E-state index contributed by atoms with van der Waals surface area (Å²) in [6, 6.07) is 14.4. The number of aromatic nitrogens is 3. The highest BCUT2D eigenvalue weighted by molar-refractivity contribution is 9.10. The van der Waals surface area contributed by atoms with E-state index >= 15 is 0 Å². The third kappa shape index (κ3) is 3.51. The van der Waals surface area contributed by atoms with Crippen molar-refractivity contribution in [3.8, 4) is 11.4 Å². The van der Waals surface area contributed by atoms with Gasteiger partial charge in [-0.2, -0.15) is 0 Å². The minimum Gasteiger partial charge on any atom is -0.258 e. The van der Waals surface area contributed by atoms with Crippen LogP contribution in [0.1, 0.15) is 5.56 Å². The molecule has 3 aromatic rings. The molecular weight excluding hydrogens is 353 g/mol. The predicted octanol–water partition coefficient (Wildman–Crippen LogP) is 4.67. The van der Waals surface area contributed by atoms with E-state index in [-0.39, 0.29) is 5.82 Å². The van der Waals surface area contributed by atoms with Crippen molar-refractivity contribution in [1.82, 2.24) is 15.2 Å². The molecule has 106 valence electrons. The van der Waals surface area contributed by atoms with E-state index in [0.717, 1.165) is 15.6 Å². The van der Waals surface area contributed by atoms with Crippen LogP contribution in [0.5, 0.6) is 0 Å². The van der Waals surface area contributed by atoms with Gasteiger partial charge in [0.2, 0.25) is 5.16 Å². The van der Waals surface area contributed by atoms with Gasteiger partial charge in [-0.3, -0.25) is 5.10 Å². The zero-order valence-electron chi connectivity index (χ0n) is 10.9. The summed E-state index contributed by atoms with van der Waals surface area (Å²) < 4.78 is 14.1. The van der Waals surface area contributed by atoms with Crippen LogP contribution in [0, 0.1) is 5.82 Å². The molecule has 2 aromatic carbocycles. The van der Waals surface area contributed by atoms with Gasteiger partial charge in [0, 0.05) is 15.8 Å². The highest BCUT2D eigenvalue weighted by Gasteiger charge is 2.09. The number of nitrogens with one attached hydrogen (secondary N) is 1. The van der Waals surface area contributed by atoms with E-state index in [4.69, 9.17) is 0 Å². The maximum Gasteiger partial charge on any atom is 0.209 e. The summed E-state index contributed by atoms with van der Waals surface area (Å²) in [5.41, 5.74) is 1.87. The highest BCUT2D eigenvalue weighted by atomic mass is 79.9. The molecule has 1 N–H and O–H groups in total. The molecule has 0 atom stereocenters. The van der Waals surface area contributed by atoms with Crippen molar-refractivity contribution in [2.45, 2.75) is 10.9 Å². The van der Waals surface area contributed by atoms with E-state index in [1.807, 2.05) is 30.3 Å². The molecule has 0 amide bonds. The van der Waals surface area contributed by atoms with Crippen LogP contribution in [0.25, 0.3) is 11.4 Å². The van der Waals surface area contributed by atoms with Gasteiger partial charge in [0.05, 0.1) is 0 Å². The van der Waals surface area contributed by atoms with Crippen molar-refractivity contribution in [1.29, 1.82) is 0 Å². The minimum atomic E-state index is -0.225. The van der Waals surface area contributed by atoms with Crippen molar-refractivity contribution < 1.29 is 4.39 Å². The second kappa shape index (κ2) is 6.41. The van der Waals surface area contributed by atoms with E-state index in [1.54, 1.807) is 6.07 Å². The fraction of sp³-hybridized carbons (Fsp3) is 0.0667. The first-order valence-corrected chi connectivity index (χ1v) is 8.05. The van der Waals surface area contributed by atoms with E-state index < -0.39 is 0 Å². The first-order chi connectivity index (χ1) is 10.2. The topological polar surface area (TPSA) is 41.6 Å². The van der Waals surface area contributed by atoms with Crippen LogP contribution in [0.4, 0.5) is 4.39 Å². The maximum absolute atomic E-state index is 13.1. The molecule has 0 unspecified atom stereocenters. The Bertz CT molecular complexity index is 760. The molecule has 1 heterocycles. The van der Waals surface area contributed by atoms with E-state index in [0.29, 0.717) is 16.7 Å². The predicted molar refractivity (Wildman–Crippen MR) is 85.5 cm³/mol. The van der Waals surface area contributed by atoms with E-state index in [2.05, 4.69) is 31.1 Å². The molecule has 0 spiro atoms. The number of benzene rings is 2. The number of thioether (sulfide) groups is 1. The van der Waals surface area contributed by atoms with E-state index in [9.17, 15) is 4.39 Å². The lowest BCUT2D eigenvalue weighted by molar-refractivity contribution is 0.626. The van der Waals surface area contributed by atoms with Gasteiger partial charge in [-0.05, 0) is 23.8 Å². The molecule has 0 saturated heterocycles. The van der Waals surface area contributed by atoms with Crippen molar-refractivity contribution in [2.75, 3.05) is 0 Å². The number of nitrogens with zero attached hydrogens (tertiary/aromatic N) is 2. The lowest BCUT2D eigenvalue weighted by atomic mass is 10.2. The second-order valence-electron chi connectivity index (χ2n) is 4.37. The summed E-state index contributed by atoms with van der Waals surface area (Å²) in [4.78, 5) is 4.45. The summed E-state index contributed by atoms with van der Waals surface area (Å²) in [6.07, 6.45) is 0. The number of aromatic amines is 1. The Morgan fingerprint density at radius 1 is 1.14 bits per heavy atom.